The molecule has 2 aromatic carbocycles. The van der Waals surface area contributed by atoms with Crippen molar-refractivity contribution in [2.24, 2.45) is 0 Å². The summed E-state index contributed by atoms with van der Waals surface area (Å²) in [7, 11) is 0. The van der Waals surface area contributed by atoms with Gasteiger partial charge in [0, 0.05) is 17.7 Å². The molecule has 0 fully saturated rings. The van der Waals surface area contributed by atoms with Crippen molar-refractivity contribution in [2.75, 3.05) is 0 Å². The van der Waals surface area contributed by atoms with Gasteiger partial charge in [0.15, 0.2) is 0 Å². The summed E-state index contributed by atoms with van der Waals surface area (Å²) in [6.45, 7) is 2.72. The van der Waals surface area contributed by atoms with Crippen molar-refractivity contribution >= 4 is 0 Å². The maximum absolute atomic E-state index is 12.9. The Kier molecular flexibility index (Phi) is 4.72. The van der Waals surface area contributed by atoms with E-state index in [1.165, 1.54) is 5.56 Å². The highest BCUT2D eigenvalue weighted by Crippen LogP contribution is 2.10. The lowest BCUT2D eigenvalue weighted by molar-refractivity contribution is 0.698. The molecule has 0 aliphatic carbocycles. The van der Waals surface area contributed by atoms with Gasteiger partial charge < -0.3 is 4.57 Å². The Morgan fingerprint density at radius 1 is 0.783 bits per heavy atom. The molecule has 0 N–H and O–H groups in total. The van der Waals surface area contributed by atoms with E-state index in [2.05, 4.69) is 37.3 Å². The second-order valence-corrected chi connectivity index (χ2v) is 5.74. The van der Waals surface area contributed by atoms with Gasteiger partial charge in [-0.3, -0.25) is 4.79 Å². The summed E-state index contributed by atoms with van der Waals surface area (Å²) in [5, 5.41) is 0. The smallest absolute Gasteiger partial charge is 0.254 e. The molecule has 0 aliphatic heterocycles. The molecule has 0 aliphatic rings. The van der Waals surface area contributed by atoms with E-state index in [-0.39, 0.29) is 5.56 Å². The lowest BCUT2D eigenvalue weighted by Crippen LogP contribution is -2.27. The normalized spacial score (nSPS) is 10.7. The highest BCUT2D eigenvalue weighted by molar-refractivity contribution is 5.27. The number of aryl methyl sites for hydroxylation is 1. The fourth-order valence-corrected chi connectivity index (χ4v) is 2.86. The molecule has 1 heterocycles. The summed E-state index contributed by atoms with van der Waals surface area (Å²) in [4.78, 5) is 12.9. The lowest BCUT2D eigenvalue weighted by Gasteiger charge is -2.14. The first-order chi connectivity index (χ1) is 11.3. The molecule has 0 amide bonds. The highest BCUT2D eigenvalue weighted by Gasteiger charge is 2.09. The number of pyridine rings is 1. The number of rotatable bonds is 5. The van der Waals surface area contributed by atoms with Crippen LogP contribution in [-0.2, 0) is 19.4 Å². The van der Waals surface area contributed by atoms with Crippen molar-refractivity contribution in [3.8, 4) is 0 Å². The molecular formula is C21H21NO. The minimum atomic E-state index is 0.122. The van der Waals surface area contributed by atoms with Crippen LogP contribution in [0.25, 0.3) is 0 Å². The summed E-state index contributed by atoms with van der Waals surface area (Å²) in [6, 6.07) is 24.4. The zero-order valence-electron chi connectivity index (χ0n) is 13.4. The number of hydrogen-bond acceptors (Lipinski definition) is 1. The maximum atomic E-state index is 12.9. The van der Waals surface area contributed by atoms with Crippen LogP contribution < -0.4 is 5.56 Å². The van der Waals surface area contributed by atoms with Crippen LogP contribution in [0, 0.1) is 0 Å². The van der Waals surface area contributed by atoms with Gasteiger partial charge in [0.25, 0.3) is 5.56 Å². The van der Waals surface area contributed by atoms with E-state index in [0.29, 0.717) is 13.0 Å². The van der Waals surface area contributed by atoms with Crippen LogP contribution in [0.3, 0.4) is 0 Å². The van der Waals surface area contributed by atoms with Gasteiger partial charge in [-0.1, -0.05) is 73.7 Å². The fourth-order valence-electron chi connectivity index (χ4n) is 2.86. The van der Waals surface area contributed by atoms with Crippen LogP contribution >= 0.6 is 0 Å². The average Bonchev–Trinajstić information content (AvgIpc) is 2.60. The number of hydrogen-bond donors (Lipinski definition) is 0. The van der Waals surface area contributed by atoms with E-state index in [9.17, 15) is 4.79 Å². The summed E-state index contributed by atoms with van der Waals surface area (Å²) in [5.74, 6) is 0. The van der Waals surface area contributed by atoms with Crippen molar-refractivity contribution in [2.45, 2.75) is 26.3 Å². The molecule has 23 heavy (non-hydrogen) atoms. The van der Waals surface area contributed by atoms with Gasteiger partial charge in [0.2, 0.25) is 0 Å². The molecule has 0 saturated carbocycles. The van der Waals surface area contributed by atoms with E-state index in [0.717, 1.165) is 23.2 Å². The molecule has 0 radical (unpaired) electrons. The van der Waals surface area contributed by atoms with Crippen molar-refractivity contribution in [1.82, 2.24) is 4.57 Å². The SMILES string of the molecule is CCc1ccc(Cc2ccccc2)c(=O)n1Cc1ccccc1. The van der Waals surface area contributed by atoms with Crippen LogP contribution in [0.4, 0.5) is 0 Å². The van der Waals surface area contributed by atoms with Crippen LogP contribution in [0.2, 0.25) is 0 Å². The van der Waals surface area contributed by atoms with Crippen molar-refractivity contribution in [3.05, 3.63) is 106 Å². The van der Waals surface area contributed by atoms with Crippen molar-refractivity contribution in [3.63, 3.8) is 0 Å². The number of benzene rings is 2. The Morgan fingerprint density at radius 3 is 2.00 bits per heavy atom. The average molecular weight is 303 g/mol. The van der Waals surface area contributed by atoms with Crippen LogP contribution in [0.5, 0.6) is 0 Å². The van der Waals surface area contributed by atoms with E-state index >= 15 is 0 Å². The second-order valence-electron chi connectivity index (χ2n) is 5.74. The minimum absolute atomic E-state index is 0.122. The van der Waals surface area contributed by atoms with Crippen LogP contribution in [0.15, 0.2) is 77.6 Å². The Morgan fingerprint density at radius 2 is 1.39 bits per heavy atom. The second kappa shape index (κ2) is 7.10. The zero-order chi connectivity index (χ0) is 16.1. The molecule has 116 valence electrons. The van der Waals surface area contributed by atoms with Crippen LogP contribution in [0.1, 0.15) is 29.3 Å². The first kappa shape index (κ1) is 15.3. The predicted octanol–water partition coefficient (Wildman–Crippen LogP) is 4.05. The summed E-state index contributed by atoms with van der Waals surface area (Å²) in [6.07, 6.45) is 1.53. The van der Waals surface area contributed by atoms with E-state index < -0.39 is 0 Å². The van der Waals surface area contributed by atoms with E-state index in [1.807, 2.05) is 47.0 Å². The van der Waals surface area contributed by atoms with Gasteiger partial charge in [-0.25, -0.2) is 0 Å². The molecule has 0 unspecified atom stereocenters. The summed E-state index contributed by atoms with van der Waals surface area (Å²) < 4.78 is 1.91. The van der Waals surface area contributed by atoms with Crippen molar-refractivity contribution in [1.29, 1.82) is 0 Å². The Bertz CT molecular complexity index is 819. The zero-order valence-corrected chi connectivity index (χ0v) is 13.4. The van der Waals surface area contributed by atoms with Gasteiger partial charge in [-0.2, -0.15) is 0 Å². The number of nitrogens with zero attached hydrogens (tertiary/aromatic N) is 1. The van der Waals surface area contributed by atoms with E-state index in [4.69, 9.17) is 0 Å². The Labute approximate surface area is 137 Å². The highest BCUT2D eigenvalue weighted by atomic mass is 16.1. The summed E-state index contributed by atoms with van der Waals surface area (Å²) >= 11 is 0. The third-order valence-corrected chi connectivity index (χ3v) is 4.13. The topological polar surface area (TPSA) is 22.0 Å². The third-order valence-electron chi connectivity index (χ3n) is 4.13. The molecule has 0 bridgehead atoms. The molecule has 0 saturated heterocycles. The quantitative estimate of drug-likeness (QED) is 0.697. The molecule has 3 rings (SSSR count). The first-order valence-corrected chi connectivity index (χ1v) is 8.07. The molecule has 2 heteroatoms. The van der Waals surface area contributed by atoms with Gasteiger partial charge in [-0.05, 0) is 23.6 Å². The monoisotopic (exact) mass is 303 g/mol. The molecule has 2 nitrogen and oxygen atoms in total. The third kappa shape index (κ3) is 3.59. The predicted molar refractivity (Wildman–Crippen MR) is 94.9 cm³/mol. The van der Waals surface area contributed by atoms with Gasteiger partial charge >= 0.3 is 0 Å². The number of aromatic nitrogens is 1. The van der Waals surface area contributed by atoms with Gasteiger partial charge in [0.1, 0.15) is 0 Å². The molecule has 3 aromatic rings. The first-order valence-electron chi connectivity index (χ1n) is 8.07. The largest absolute Gasteiger partial charge is 0.308 e. The van der Waals surface area contributed by atoms with Gasteiger partial charge in [-0.15, -0.1) is 0 Å². The Hall–Kier alpha value is -2.61. The minimum Gasteiger partial charge on any atom is -0.308 e. The van der Waals surface area contributed by atoms with E-state index in [1.54, 1.807) is 0 Å². The molecule has 0 atom stereocenters. The molecule has 0 spiro atoms. The van der Waals surface area contributed by atoms with Crippen molar-refractivity contribution < 1.29 is 0 Å². The Balaban J connectivity index is 1.97. The van der Waals surface area contributed by atoms with Crippen LogP contribution in [-0.4, -0.2) is 4.57 Å². The fraction of sp³-hybridized carbons (Fsp3) is 0.190. The maximum Gasteiger partial charge on any atom is 0.254 e. The molecule has 1 aromatic heterocycles. The summed E-state index contributed by atoms with van der Waals surface area (Å²) in [5.41, 5.74) is 4.37. The molecular weight excluding hydrogens is 282 g/mol. The standard InChI is InChI=1S/C21H21NO/c1-2-20-14-13-19(15-17-9-5-3-6-10-17)21(23)22(20)16-18-11-7-4-8-12-18/h3-14H,2,15-16H2,1H3. The van der Waals surface area contributed by atoms with Gasteiger partial charge in [0.05, 0.1) is 6.54 Å². The lowest BCUT2D eigenvalue weighted by atomic mass is 10.1.